The van der Waals surface area contributed by atoms with Gasteiger partial charge in [-0.1, -0.05) is 0 Å². The normalized spacial score (nSPS) is 19.6. The number of urea groups is 1. The molecule has 6 heteroatoms. The lowest BCUT2D eigenvalue weighted by Gasteiger charge is -2.32. The van der Waals surface area contributed by atoms with Crippen LogP contribution in [0.15, 0.2) is 0 Å². The second kappa shape index (κ2) is 8.24. The molecule has 1 aliphatic heterocycles. The first kappa shape index (κ1) is 15.1. The Hall–Kier alpha value is -0.910. The maximum atomic E-state index is 11.9. The third kappa shape index (κ3) is 5.62. The van der Waals surface area contributed by atoms with Crippen LogP contribution in [0.2, 0.25) is 0 Å². The van der Waals surface area contributed by atoms with E-state index in [9.17, 15) is 9.59 Å². The van der Waals surface area contributed by atoms with Crippen molar-refractivity contribution in [2.75, 3.05) is 31.6 Å². The number of likely N-dealkylation sites (tertiary alicyclic amines) is 1. The van der Waals surface area contributed by atoms with E-state index in [-0.39, 0.29) is 18.4 Å². The first-order chi connectivity index (χ1) is 8.63. The molecule has 2 N–H and O–H groups in total. The second-order valence-electron chi connectivity index (χ2n) is 4.63. The number of thioether (sulfide) groups is 1. The Morgan fingerprint density at radius 1 is 1.50 bits per heavy atom. The van der Waals surface area contributed by atoms with Crippen molar-refractivity contribution in [2.45, 2.75) is 25.7 Å². The molecule has 1 rings (SSSR count). The summed E-state index contributed by atoms with van der Waals surface area (Å²) in [5.41, 5.74) is 0. The number of hydrogen-bond acceptors (Lipinski definition) is 3. The molecule has 0 aromatic carbocycles. The Morgan fingerprint density at radius 3 is 2.94 bits per heavy atom. The molecule has 0 radical (unpaired) electrons. The van der Waals surface area contributed by atoms with Crippen molar-refractivity contribution in [1.82, 2.24) is 10.2 Å². The first-order valence-electron chi connectivity index (χ1n) is 6.37. The highest BCUT2D eigenvalue weighted by atomic mass is 32.2. The highest BCUT2D eigenvalue weighted by Gasteiger charge is 2.24. The number of nitrogens with zero attached hydrogens (tertiary/aromatic N) is 1. The fraction of sp³-hybridized carbons (Fsp3) is 0.833. The average Bonchev–Trinajstić information content (AvgIpc) is 2.34. The minimum atomic E-state index is -0.776. The Kier molecular flexibility index (Phi) is 6.93. The van der Waals surface area contributed by atoms with Gasteiger partial charge in [-0.2, -0.15) is 11.8 Å². The smallest absolute Gasteiger partial charge is 0.317 e. The molecular formula is C12H22N2O3S. The van der Waals surface area contributed by atoms with Crippen LogP contribution in [0.4, 0.5) is 4.79 Å². The van der Waals surface area contributed by atoms with E-state index >= 15 is 0 Å². The van der Waals surface area contributed by atoms with Crippen LogP contribution < -0.4 is 5.32 Å². The number of carbonyl (C=O) groups is 2. The number of piperidine rings is 1. The highest BCUT2D eigenvalue weighted by molar-refractivity contribution is 7.98. The minimum absolute atomic E-state index is 0.0498. The number of nitrogens with one attached hydrogen (secondary N) is 1. The van der Waals surface area contributed by atoms with Gasteiger partial charge in [-0.05, 0) is 37.2 Å². The zero-order valence-corrected chi connectivity index (χ0v) is 11.7. The third-order valence-electron chi connectivity index (χ3n) is 3.07. The van der Waals surface area contributed by atoms with Gasteiger partial charge in [0.2, 0.25) is 0 Å². The highest BCUT2D eigenvalue weighted by Crippen LogP contribution is 2.19. The summed E-state index contributed by atoms with van der Waals surface area (Å²) >= 11 is 1.77. The Bertz CT molecular complexity index is 286. The van der Waals surface area contributed by atoms with Crippen molar-refractivity contribution >= 4 is 23.8 Å². The zero-order valence-electron chi connectivity index (χ0n) is 10.9. The van der Waals surface area contributed by atoms with Gasteiger partial charge in [0.05, 0.1) is 0 Å². The number of amides is 2. The van der Waals surface area contributed by atoms with E-state index in [2.05, 4.69) is 5.32 Å². The summed E-state index contributed by atoms with van der Waals surface area (Å²) in [5.74, 6) is 0.373. The Balaban J connectivity index is 2.27. The molecular weight excluding hydrogens is 252 g/mol. The van der Waals surface area contributed by atoms with Crippen LogP contribution >= 0.6 is 11.8 Å². The molecule has 18 heavy (non-hydrogen) atoms. The predicted molar refractivity (Wildman–Crippen MR) is 72.9 cm³/mol. The first-order valence-corrected chi connectivity index (χ1v) is 7.76. The monoisotopic (exact) mass is 274 g/mol. The van der Waals surface area contributed by atoms with Crippen LogP contribution in [0.5, 0.6) is 0 Å². The van der Waals surface area contributed by atoms with Crippen LogP contribution in [-0.4, -0.2) is 53.6 Å². The second-order valence-corrected chi connectivity index (χ2v) is 5.62. The quantitative estimate of drug-likeness (QED) is 0.722. The molecule has 1 unspecified atom stereocenters. The van der Waals surface area contributed by atoms with Crippen LogP contribution in [0.3, 0.4) is 0 Å². The number of hydrogen-bond donors (Lipinski definition) is 2. The maximum Gasteiger partial charge on any atom is 0.317 e. The third-order valence-corrected chi connectivity index (χ3v) is 3.77. The lowest BCUT2D eigenvalue weighted by molar-refractivity contribution is -0.138. The van der Waals surface area contributed by atoms with E-state index in [1.165, 1.54) is 0 Å². The summed E-state index contributed by atoms with van der Waals surface area (Å²) in [6.45, 7) is 2.00. The molecule has 1 atom stereocenters. The molecule has 0 bridgehead atoms. The van der Waals surface area contributed by atoms with Gasteiger partial charge in [0.1, 0.15) is 0 Å². The van der Waals surface area contributed by atoms with Gasteiger partial charge in [0.25, 0.3) is 0 Å². The van der Waals surface area contributed by atoms with E-state index in [1.807, 2.05) is 6.26 Å². The van der Waals surface area contributed by atoms with Crippen molar-refractivity contribution in [2.24, 2.45) is 5.92 Å². The van der Waals surface area contributed by atoms with Crippen molar-refractivity contribution in [3.63, 3.8) is 0 Å². The number of rotatable bonds is 6. The van der Waals surface area contributed by atoms with Crippen molar-refractivity contribution < 1.29 is 14.7 Å². The van der Waals surface area contributed by atoms with E-state index in [0.717, 1.165) is 31.6 Å². The van der Waals surface area contributed by atoms with E-state index in [4.69, 9.17) is 5.11 Å². The summed E-state index contributed by atoms with van der Waals surface area (Å²) in [5, 5.41) is 11.7. The van der Waals surface area contributed by atoms with Gasteiger partial charge >= 0.3 is 12.0 Å². The van der Waals surface area contributed by atoms with Crippen molar-refractivity contribution in [3.8, 4) is 0 Å². The topological polar surface area (TPSA) is 69.6 Å². The van der Waals surface area contributed by atoms with Gasteiger partial charge in [-0.3, -0.25) is 4.79 Å². The van der Waals surface area contributed by atoms with E-state index in [1.54, 1.807) is 16.7 Å². The Labute approximate surface area is 112 Å². The van der Waals surface area contributed by atoms with Crippen LogP contribution in [-0.2, 0) is 4.79 Å². The fourth-order valence-electron chi connectivity index (χ4n) is 2.19. The van der Waals surface area contributed by atoms with Gasteiger partial charge < -0.3 is 15.3 Å². The SMILES string of the molecule is CSCCCNC(=O)N1CCCC(CC(=O)O)C1. The van der Waals surface area contributed by atoms with Crippen LogP contribution in [0.25, 0.3) is 0 Å². The molecule has 0 saturated carbocycles. The molecule has 5 nitrogen and oxygen atoms in total. The standard InChI is InChI=1S/C12H22N2O3S/c1-18-7-3-5-13-12(17)14-6-2-4-10(9-14)8-11(15)16/h10H,2-9H2,1H3,(H,13,17)(H,15,16). The van der Waals surface area contributed by atoms with Gasteiger partial charge in [-0.15, -0.1) is 0 Å². The average molecular weight is 274 g/mol. The van der Waals surface area contributed by atoms with Gasteiger partial charge in [0, 0.05) is 26.1 Å². The molecule has 0 aromatic rings. The minimum Gasteiger partial charge on any atom is -0.481 e. The van der Waals surface area contributed by atoms with Gasteiger partial charge in [0.15, 0.2) is 0 Å². The fourth-order valence-corrected chi connectivity index (χ4v) is 2.62. The molecule has 104 valence electrons. The van der Waals surface area contributed by atoms with Crippen LogP contribution in [0.1, 0.15) is 25.7 Å². The van der Waals surface area contributed by atoms with E-state index < -0.39 is 5.97 Å². The summed E-state index contributed by atoms with van der Waals surface area (Å²) in [7, 11) is 0. The maximum absolute atomic E-state index is 11.9. The predicted octanol–water partition coefficient (Wildman–Crippen LogP) is 1.64. The molecule has 1 heterocycles. The number of carboxylic acid groups (broad SMARTS) is 1. The molecule has 0 aromatic heterocycles. The summed E-state index contributed by atoms with van der Waals surface area (Å²) in [6, 6.07) is -0.0498. The molecule has 1 fully saturated rings. The van der Waals surface area contributed by atoms with Crippen LogP contribution in [0, 0.1) is 5.92 Å². The van der Waals surface area contributed by atoms with Gasteiger partial charge in [-0.25, -0.2) is 4.79 Å². The molecule has 0 aliphatic carbocycles. The molecule has 2 amide bonds. The molecule has 1 saturated heterocycles. The summed E-state index contributed by atoms with van der Waals surface area (Å²) in [4.78, 5) is 24.3. The number of aliphatic carboxylic acids is 1. The summed E-state index contributed by atoms with van der Waals surface area (Å²) < 4.78 is 0. The van der Waals surface area contributed by atoms with Crippen molar-refractivity contribution in [1.29, 1.82) is 0 Å². The molecule has 0 spiro atoms. The van der Waals surface area contributed by atoms with E-state index in [0.29, 0.717) is 13.1 Å². The lowest BCUT2D eigenvalue weighted by Crippen LogP contribution is -2.46. The largest absolute Gasteiger partial charge is 0.481 e. The zero-order chi connectivity index (χ0) is 13.4. The summed E-state index contributed by atoms with van der Waals surface area (Å²) in [6.07, 6.45) is 4.98. The number of carbonyl (C=O) groups excluding carboxylic acids is 1. The van der Waals surface area contributed by atoms with Crippen molar-refractivity contribution in [3.05, 3.63) is 0 Å². The number of carboxylic acids is 1. The lowest BCUT2D eigenvalue weighted by atomic mass is 9.95. The molecule has 1 aliphatic rings. The Morgan fingerprint density at radius 2 is 2.28 bits per heavy atom.